The van der Waals surface area contributed by atoms with Crippen molar-refractivity contribution in [2.75, 3.05) is 65.2 Å². The van der Waals surface area contributed by atoms with Crippen LogP contribution in [0.4, 0.5) is 0 Å². The van der Waals surface area contributed by atoms with Gasteiger partial charge in [-0.1, -0.05) is 15.9 Å². The van der Waals surface area contributed by atoms with Gasteiger partial charge in [-0.05, 0) is 0 Å². The predicted molar refractivity (Wildman–Crippen MR) is 135 cm³/mol. The van der Waals surface area contributed by atoms with Crippen molar-refractivity contribution >= 4 is 37.3 Å². The van der Waals surface area contributed by atoms with Gasteiger partial charge < -0.3 is 0 Å². The average Bonchev–Trinajstić information content (AvgIpc) is 2.78. The maximum atomic E-state index is 11.2. The fraction of sp³-hybridized carbons (Fsp3) is 0.714. The van der Waals surface area contributed by atoms with Crippen molar-refractivity contribution in [3.05, 3.63) is 35.4 Å². The third kappa shape index (κ3) is 10.5. The van der Waals surface area contributed by atoms with E-state index in [0.29, 0.717) is 12.9 Å². The molecule has 0 aromatic heterocycles. The summed E-state index contributed by atoms with van der Waals surface area (Å²) in [5.74, 6) is 0. The number of benzene rings is 1. The zero-order valence-corrected chi connectivity index (χ0v) is 21.0. The molecule has 1 fully saturated rings. The molecule has 0 bridgehead atoms. The molecule has 1 aromatic rings. The van der Waals surface area contributed by atoms with Gasteiger partial charge >= 0.3 is 187 Å². The van der Waals surface area contributed by atoms with Crippen LogP contribution >= 0.6 is 15.9 Å². The molecule has 1 aromatic carbocycles. The van der Waals surface area contributed by atoms with Crippen molar-refractivity contribution in [3.63, 3.8) is 0 Å². The molecule has 2 rings (SSSR count). The maximum absolute atomic E-state index is 11.2. The first-order chi connectivity index (χ1) is 15.5. The number of hydrogen-bond acceptors (Lipinski definition) is 7. The summed E-state index contributed by atoms with van der Waals surface area (Å²) >= 11 is 3.50. The molecule has 174 valence electrons. The van der Waals surface area contributed by atoms with E-state index in [1.54, 1.807) is 0 Å². The molecule has 1 N–H and O–H groups in total. The number of nitrogens with zero attached hydrogens (tertiary/aromatic N) is 4. The summed E-state index contributed by atoms with van der Waals surface area (Å²) in [5, 5.41) is 11.1. The van der Waals surface area contributed by atoms with Crippen LogP contribution in [-0.2, 0) is 21.3 Å². The van der Waals surface area contributed by atoms with E-state index in [9.17, 15) is 14.4 Å². The molecule has 1 aliphatic rings. The van der Waals surface area contributed by atoms with E-state index in [1.165, 1.54) is 11.1 Å². The molecule has 7 nitrogen and oxygen atoms in total. The molecule has 32 heavy (non-hydrogen) atoms. The summed E-state index contributed by atoms with van der Waals surface area (Å²) in [6, 6.07) is 8.70. The number of halogens is 1. The van der Waals surface area contributed by atoms with E-state index < -0.39 is 7.05 Å². The van der Waals surface area contributed by atoms with Crippen molar-refractivity contribution in [2.24, 2.45) is 0 Å². The van der Waals surface area contributed by atoms with Gasteiger partial charge in [0.25, 0.3) is 0 Å². The van der Waals surface area contributed by atoms with Crippen LogP contribution in [0.5, 0.6) is 0 Å². The first-order valence-corrected chi connectivity index (χ1v) is 12.8. The van der Waals surface area contributed by atoms with Crippen LogP contribution in [-0.4, -0.2) is 111 Å². The minimum atomic E-state index is -0.495. The fourth-order valence-electron chi connectivity index (χ4n) is 4.11. The molecule has 0 amide bonds. The molecule has 0 atom stereocenters. The Morgan fingerprint density at radius 3 is 1.84 bits per heavy atom. The van der Waals surface area contributed by atoms with Crippen LogP contribution in [0.3, 0.4) is 0 Å². The Hall–Kier alpha value is -0.705. The Balaban J connectivity index is 2.07. The Bertz CT molecular complexity index is 672. The van der Waals surface area contributed by atoms with Crippen LogP contribution in [0.15, 0.2) is 24.3 Å². The van der Waals surface area contributed by atoms with Gasteiger partial charge in [0.15, 0.2) is 0 Å². The van der Waals surface area contributed by atoms with E-state index in [-0.39, 0.29) is 0 Å². The molecule has 0 radical (unpaired) electrons. The molecule has 0 unspecified atom stereocenters. The van der Waals surface area contributed by atoms with E-state index in [2.05, 4.69) is 59.7 Å². The Kier molecular flexibility index (Phi) is 13.8. The van der Waals surface area contributed by atoms with Gasteiger partial charge in [-0.2, -0.15) is 0 Å². The van der Waals surface area contributed by atoms with Gasteiger partial charge in [-0.25, -0.2) is 0 Å². The minimum absolute atomic E-state index is 0.408. The molecule has 0 spiro atoms. The second kappa shape index (κ2) is 16.0. The summed E-state index contributed by atoms with van der Waals surface area (Å²) in [6.07, 6.45) is 2.69. The fourth-order valence-corrected chi connectivity index (χ4v) is 4.49. The third-order valence-corrected chi connectivity index (χ3v) is 6.73. The summed E-state index contributed by atoms with van der Waals surface area (Å²) in [5.41, 5.74) is 2.55. The van der Waals surface area contributed by atoms with Gasteiger partial charge in [0.05, 0.1) is 0 Å². The third-order valence-electron chi connectivity index (χ3n) is 6.08. The van der Waals surface area contributed by atoms with Gasteiger partial charge in [-0.3, -0.25) is 0 Å². The molecule has 1 aliphatic heterocycles. The normalized spacial score (nSPS) is 19.1. The van der Waals surface area contributed by atoms with Crippen LogP contribution in [0.25, 0.3) is 0 Å². The monoisotopic (exact) mass is 504 g/mol. The molecule has 0 aliphatic carbocycles. The Labute approximate surface area is 203 Å². The first-order valence-electron chi connectivity index (χ1n) is 11.7. The summed E-state index contributed by atoms with van der Waals surface area (Å²) in [6.45, 7) is 9.29. The van der Waals surface area contributed by atoms with Crippen molar-refractivity contribution in [2.45, 2.75) is 31.5 Å². The van der Waals surface area contributed by atoms with Crippen molar-refractivity contribution in [3.8, 4) is 0 Å². The molecular formula is C21H36B3BrN4O3. The SMILES string of the molecule is CB(O)N1CCCN(CB=O)CCN(CB=O)CCCN(Cc2ccc(CBr)cc2)CC1. The van der Waals surface area contributed by atoms with Crippen LogP contribution < -0.4 is 0 Å². The van der Waals surface area contributed by atoms with Crippen LogP contribution in [0.1, 0.15) is 24.0 Å². The summed E-state index contributed by atoms with van der Waals surface area (Å²) in [4.78, 5) is 8.88. The predicted octanol–water partition coefficient (Wildman–Crippen LogP) is 1.21. The van der Waals surface area contributed by atoms with Crippen LogP contribution in [0, 0.1) is 0 Å². The van der Waals surface area contributed by atoms with E-state index >= 15 is 0 Å². The molecule has 1 heterocycles. The Morgan fingerprint density at radius 1 is 0.812 bits per heavy atom. The second-order valence-corrected chi connectivity index (χ2v) is 9.10. The van der Waals surface area contributed by atoms with Gasteiger partial charge in [0.1, 0.15) is 0 Å². The summed E-state index contributed by atoms with van der Waals surface area (Å²) < 4.78 is 22.2. The van der Waals surface area contributed by atoms with Gasteiger partial charge in [-0.15, -0.1) is 0 Å². The van der Waals surface area contributed by atoms with Crippen LogP contribution in [0.2, 0.25) is 6.82 Å². The number of alkyl halides is 1. The molecular weight excluding hydrogens is 469 g/mol. The van der Waals surface area contributed by atoms with Crippen molar-refractivity contribution in [1.82, 2.24) is 19.5 Å². The first kappa shape index (κ1) is 27.5. The number of rotatable bonds is 8. The quantitative estimate of drug-likeness (QED) is 0.422. The zero-order valence-electron chi connectivity index (χ0n) is 19.4. The Morgan fingerprint density at radius 2 is 1.31 bits per heavy atom. The molecule has 1 saturated heterocycles. The standard InChI is InChI=1S/C21H36B3BrN4O3/c1-24(32)29-11-3-10-28(19-23-31)13-12-27(18-22-30)9-2-8-26(14-15-29)17-21-6-4-20(16-25)5-7-21/h4-7,32H,2-3,8-19H2,1H3. The average molecular weight is 505 g/mol. The zero-order chi connectivity index (χ0) is 23.2. The molecule has 0 saturated carbocycles. The van der Waals surface area contributed by atoms with E-state index in [1.807, 2.05) is 6.82 Å². The summed E-state index contributed by atoms with van der Waals surface area (Å²) in [7, 11) is 1.42. The van der Waals surface area contributed by atoms with Crippen molar-refractivity contribution in [1.29, 1.82) is 0 Å². The van der Waals surface area contributed by atoms with Crippen molar-refractivity contribution < 1.29 is 14.4 Å². The topological polar surface area (TPSA) is 67.3 Å². The number of hydrogen-bond donors (Lipinski definition) is 1. The van der Waals surface area contributed by atoms with E-state index in [4.69, 9.17) is 0 Å². The van der Waals surface area contributed by atoms with Gasteiger partial charge in [0.2, 0.25) is 0 Å². The van der Waals surface area contributed by atoms with Gasteiger partial charge in [0, 0.05) is 0 Å². The second-order valence-electron chi connectivity index (χ2n) is 8.54. The van der Waals surface area contributed by atoms with E-state index in [0.717, 1.165) is 91.4 Å². The molecule has 11 heteroatoms.